The van der Waals surface area contributed by atoms with Gasteiger partial charge in [-0.25, -0.2) is 0 Å². The molecular formula is C12H13NO2. The van der Waals surface area contributed by atoms with Gasteiger partial charge < -0.3 is 9.84 Å². The molecule has 0 aliphatic heterocycles. The predicted molar refractivity (Wildman–Crippen MR) is 57.6 cm³/mol. The van der Waals surface area contributed by atoms with E-state index in [0.29, 0.717) is 11.3 Å². The molecule has 1 aromatic carbocycles. The zero-order valence-electron chi connectivity index (χ0n) is 8.60. The molecule has 0 aliphatic carbocycles. The van der Waals surface area contributed by atoms with Gasteiger partial charge in [-0.15, -0.1) is 0 Å². The quantitative estimate of drug-likeness (QED) is 0.759. The van der Waals surface area contributed by atoms with Crippen molar-refractivity contribution in [3.8, 4) is 11.8 Å². The Balaban J connectivity index is 2.84. The standard InChI is InChI=1S/C12H13NO2/c1-3-11(8-14)15-12-5-4-10(7-13)9(2)6-12/h3-6,11,14H,1,8H2,2H3. The van der Waals surface area contributed by atoms with Gasteiger partial charge in [0.2, 0.25) is 0 Å². The topological polar surface area (TPSA) is 53.2 Å². The maximum absolute atomic E-state index is 8.91. The molecular weight excluding hydrogens is 190 g/mol. The Morgan fingerprint density at radius 2 is 2.40 bits per heavy atom. The number of aryl methyl sites for hydroxylation is 1. The molecule has 15 heavy (non-hydrogen) atoms. The van der Waals surface area contributed by atoms with Crippen molar-refractivity contribution < 1.29 is 9.84 Å². The highest BCUT2D eigenvalue weighted by Gasteiger charge is 2.05. The van der Waals surface area contributed by atoms with E-state index < -0.39 is 6.10 Å². The fourth-order valence-corrected chi connectivity index (χ4v) is 1.17. The van der Waals surface area contributed by atoms with Crippen molar-refractivity contribution in [3.05, 3.63) is 42.0 Å². The molecule has 1 rings (SSSR count). The molecule has 0 fully saturated rings. The van der Waals surface area contributed by atoms with Gasteiger partial charge in [0.15, 0.2) is 0 Å². The Morgan fingerprint density at radius 1 is 1.67 bits per heavy atom. The second kappa shape index (κ2) is 5.18. The third kappa shape index (κ3) is 2.83. The van der Waals surface area contributed by atoms with Crippen molar-refractivity contribution in [2.45, 2.75) is 13.0 Å². The van der Waals surface area contributed by atoms with Crippen LogP contribution in [0, 0.1) is 18.3 Å². The molecule has 78 valence electrons. The molecule has 1 aromatic rings. The summed E-state index contributed by atoms with van der Waals surface area (Å²) in [6.45, 7) is 5.28. The van der Waals surface area contributed by atoms with Crippen LogP contribution in [0.15, 0.2) is 30.9 Å². The molecule has 1 unspecified atom stereocenters. The Hall–Kier alpha value is -1.79. The molecule has 0 aliphatic rings. The Morgan fingerprint density at radius 3 is 2.87 bits per heavy atom. The number of aliphatic hydroxyl groups excluding tert-OH is 1. The fraction of sp³-hybridized carbons (Fsp3) is 0.250. The van der Waals surface area contributed by atoms with E-state index in [9.17, 15) is 0 Å². The Labute approximate surface area is 89.2 Å². The summed E-state index contributed by atoms with van der Waals surface area (Å²) in [4.78, 5) is 0. The molecule has 3 heteroatoms. The fourth-order valence-electron chi connectivity index (χ4n) is 1.17. The van der Waals surface area contributed by atoms with Gasteiger partial charge in [-0.05, 0) is 36.8 Å². The van der Waals surface area contributed by atoms with Crippen molar-refractivity contribution in [1.29, 1.82) is 5.26 Å². The summed E-state index contributed by atoms with van der Waals surface area (Å²) in [5.41, 5.74) is 1.48. The molecule has 0 saturated heterocycles. The van der Waals surface area contributed by atoms with Gasteiger partial charge in [-0.2, -0.15) is 5.26 Å². The van der Waals surface area contributed by atoms with E-state index in [1.165, 1.54) is 6.08 Å². The van der Waals surface area contributed by atoms with Gasteiger partial charge in [0, 0.05) is 0 Å². The van der Waals surface area contributed by atoms with Crippen LogP contribution >= 0.6 is 0 Å². The summed E-state index contributed by atoms with van der Waals surface area (Å²) in [5.74, 6) is 0.630. The first-order valence-corrected chi connectivity index (χ1v) is 4.62. The molecule has 0 aromatic heterocycles. The highest BCUT2D eigenvalue weighted by molar-refractivity contribution is 5.41. The second-order valence-corrected chi connectivity index (χ2v) is 3.16. The Kier molecular flexibility index (Phi) is 3.90. The van der Waals surface area contributed by atoms with Crippen molar-refractivity contribution in [2.75, 3.05) is 6.61 Å². The number of aliphatic hydroxyl groups is 1. The highest BCUT2D eigenvalue weighted by Crippen LogP contribution is 2.17. The maximum atomic E-state index is 8.91. The summed E-state index contributed by atoms with van der Waals surface area (Å²) < 4.78 is 5.42. The van der Waals surface area contributed by atoms with Crippen LogP contribution in [-0.4, -0.2) is 17.8 Å². The second-order valence-electron chi connectivity index (χ2n) is 3.16. The third-order valence-electron chi connectivity index (χ3n) is 2.05. The van der Waals surface area contributed by atoms with Gasteiger partial charge in [-0.3, -0.25) is 0 Å². The van der Waals surface area contributed by atoms with E-state index in [-0.39, 0.29) is 6.61 Å². The van der Waals surface area contributed by atoms with E-state index in [0.717, 1.165) is 5.56 Å². The Bertz CT molecular complexity index is 393. The number of ether oxygens (including phenoxy) is 1. The molecule has 0 amide bonds. The summed E-state index contributed by atoms with van der Waals surface area (Å²) >= 11 is 0. The van der Waals surface area contributed by atoms with Gasteiger partial charge in [0.25, 0.3) is 0 Å². The first-order chi connectivity index (χ1) is 7.21. The smallest absolute Gasteiger partial charge is 0.140 e. The minimum atomic E-state index is -0.405. The summed E-state index contributed by atoms with van der Waals surface area (Å²) in [5, 5.41) is 17.6. The predicted octanol–water partition coefficient (Wildman–Crippen LogP) is 1.79. The monoisotopic (exact) mass is 203 g/mol. The first kappa shape index (κ1) is 11.3. The molecule has 3 nitrogen and oxygen atoms in total. The molecule has 1 atom stereocenters. The molecule has 0 radical (unpaired) electrons. The number of hydrogen-bond acceptors (Lipinski definition) is 3. The number of nitrogens with zero attached hydrogens (tertiary/aromatic N) is 1. The van der Waals surface area contributed by atoms with E-state index >= 15 is 0 Å². The maximum Gasteiger partial charge on any atom is 0.140 e. The van der Waals surface area contributed by atoms with Crippen molar-refractivity contribution in [3.63, 3.8) is 0 Å². The lowest BCUT2D eigenvalue weighted by Crippen LogP contribution is -2.17. The lowest BCUT2D eigenvalue weighted by Gasteiger charge is -2.13. The average Bonchev–Trinajstić information content (AvgIpc) is 2.26. The van der Waals surface area contributed by atoms with Crippen molar-refractivity contribution >= 4 is 0 Å². The zero-order chi connectivity index (χ0) is 11.3. The average molecular weight is 203 g/mol. The van der Waals surface area contributed by atoms with Gasteiger partial charge in [0.05, 0.1) is 18.2 Å². The third-order valence-corrected chi connectivity index (χ3v) is 2.05. The van der Waals surface area contributed by atoms with Crippen LogP contribution in [0.4, 0.5) is 0 Å². The number of nitriles is 1. The van der Waals surface area contributed by atoms with Crippen LogP contribution in [0.25, 0.3) is 0 Å². The zero-order valence-corrected chi connectivity index (χ0v) is 8.60. The highest BCUT2D eigenvalue weighted by atomic mass is 16.5. The first-order valence-electron chi connectivity index (χ1n) is 4.62. The van der Waals surface area contributed by atoms with Crippen LogP contribution in [0.1, 0.15) is 11.1 Å². The molecule has 1 N–H and O–H groups in total. The summed E-state index contributed by atoms with van der Waals surface area (Å²) in [7, 11) is 0. The van der Waals surface area contributed by atoms with Crippen LogP contribution in [0.2, 0.25) is 0 Å². The summed E-state index contributed by atoms with van der Waals surface area (Å²) in [6.07, 6.45) is 1.13. The van der Waals surface area contributed by atoms with Crippen molar-refractivity contribution in [2.24, 2.45) is 0 Å². The molecule has 0 saturated carbocycles. The molecule has 0 bridgehead atoms. The lowest BCUT2D eigenvalue weighted by molar-refractivity contribution is 0.150. The minimum absolute atomic E-state index is 0.109. The molecule has 0 spiro atoms. The van der Waals surface area contributed by atoms with Crippen LogP contribution in [0.5, 0.6) is 5.75 Å². The molecule has 0 heterocycles. The van der Waals surface area contributed by atoms with Gasteiger partial charge in [-0.1, -0.05) is 6.58 Å². The van der Waals surface area contributed by atoms with E-state index in [4.69, 9.17) is 15.1 Å². The van der Waals surface area contributed by atoms with Crippen molar-refractivity contribution in [1.82, 2.24) is 0 Å². The van der Waals surface area contributed by atoms with E-state index in [1.807, 2.05) is 6.92 Å². The van der Waals surface area contributed by atoms with Gasteiger partial charge in [0.1, 0.15) is 11.9 Å². The lowest BCUT2D eigenvalue weighted by atomic mass is 10.1. The number of benzene rings is 1. The minimum Gasteiger partial charge on any atom is -0.484 e. The van der Waals surface area contributed by atoms with Crippen LogP contribution in [0.3, 0.4) is 0 Å². The number of rotatable bonds is 4. The number of hydrogen-bond donors (Lipinski definition) is 1. The SMILES string of the molecule is C=CC(CO)Oc1ccc(C#N)c(C)c1. The van der Waals surface area contributed by atoms with E-state index in [2.05, 4.69) is 12.6 Å². The largest absolute Gasteiger partial charge is 0.484 e. The normalized spacial score (nSPS) is 11.5. The summed E-state index contributed by atoms with van der Waals surface area (Å²) in [6, 6.07) is 7.25. The van der Waals surface area contributed by atoms with Gasteiger partial charge >= 0.3 is 0 Å². The van der Waals surface area contributed by atoms with Crippen LogP contribution in [-0.2, 0) is 0 Å². The van der Waals surface area contributed by atoms with Crippen LogP contribution < -0.4 is 4.74 Å². The van der Waals surface area contributed by atoms with E-state index in [1.54, 1.807) is 18.2 Å².